The first kappa shape index (κ1) is 20.7. The molecule has 0 bridgehead atoms. The molecule has 1 N–H and O–H groups in total. The number of non-ortho nitro benzene ring substituents is 1. The quantitative estimate of drug-likeness (QED) is 0.314. The molecule has 0 amide bonds. The van der Waals surface area contributed by atoms with Gasteiger partial charge in [-0.1, -0.05) is 47.6 Å². The van der Waals surface area contributed by atoms with Gasteiger partial charge in [-0.25, -0.2) is 4.68 Å². The van der Waals surface area contributed by atoms with E-state index in [9.17, 15) is 14.9 Å². The second-order valence-electron chi connectivity index (χ2n) is 7.63. The molecule has 10 heteroatoms. The van der Waals surface area contributed by atoms with Gasteiger partial charge in [0.25, 0.3) is 5.69 Å². The van der Waals surface area contributed by atoms with E-state index in [1.807, 2.05) is 24.3 Å². The van der Waals surface area contributed by atoms with E-state index in [1.54, 1.807) is 16.8 Å². The number of fused-ring (bicyclic) bond motifs is 1. The van der Waals surface area contributed by atoms with Gasteiger partial charge in [0.05, 0.1) is 4.92 Å². The number of ketones is 1. The first-order valence-electron chi connectivity index (χ1n) is 10.1. The molecule has 162 valence electrons. The number of Topliss-reactive ketones (excluding diaryl/α,β-unsaturated/α-hetero) is 1. The van der Waals surface area contributed by atoms with Gasteiger partial charge < -0.3 is 5.32 Å². The van der Waals surface area contributed by atoms with Crippen LogP contribution >= 0.6 is 23.4 Å². The average Bonchev–Trinajstić information content (AvgIpc) is 3.19. The Bertz CT molecular complexity index is 1270. The molecular weight excluding hydrogens is 450 g/mol. The first-order valence-corrected chi connectivity index (χ1v) is 11.5. The number of allylic oxidation sites excluding steroid dienone is 2. The maximum atomic E-state index is 12.9. The van der Waals surface area contributed by atoms with Crippen LogP contribution in [0.4, 0.5) is 11.6 Å². The molecule has 1 aromatic heterocycles. The zero-order valence-electron chi connectivity index (χ0n) is 16.8. The summed E-state index contributed by atoms with van der Waals surface area (Å²) in [4.78, 5) is 28.4. The lowest BCUT2D eigenvalue weighted by Crippen LogP contribution is -2.31. The molecule has 1 aliphatic heterocycles. The number of nitro benzene ring substituents is 1. The van der Waals surface area contributed by atoms with Crippen molar-refractivity contribution in [2.45, 2.75) is 36.2 Å². The van der Waals surface area contributed by atoms with E-state index in [0.29, 0.717) is 39.4 Å². The molecular formula is C22H18ClN5O3S. The van der Waals surface area contributed by atoms with Crippen LogP contribution in [-0.2, 0) is 10.5 Å². The third-order valence-electron chi connectivity index (χ3n) is 5.50. The van der Waals surface area contributed by atoms with Crippen molar-refractivity contribution in [2.75, 3.05) is 5.32 Å². The highest BCUT2D eigenvalue weighted by Gasteiger charge is 2.37. The number of thioether (sulfide) groups is 1. The van der Waals surface area contributed by atoms with Gasteiger partial charge in [-0.3, -0.25) is 14.9 Å². The fourth-order valence-electron chi connectivity index (χ4n) is 4.09. The van der Waals surface area contributed by atoms with Gasteiger partial charge in [0.15, 0.2) is 5.78 Å². The third kappa shape index (κ3) is 3.89. The van der Waals surface area contributed by atoms with Gasteiger partial charge in [0, 0.05) is 40.6 Å². The maximum Gasteiger partial charge on any atom is 0.269 e. The number of carbonyl (C=O) groups is 1. The van der Waals surface area contributed by atoms with Crippen LogP contribution in [0.1, 0.15) is 36.4 Å². The number of carbonyl (C=O) groups excluding carboxylic acids is 1. The van der Waals surface area contributed by atoms with Crippen molar-refractivity contribution in [3.63, 3.8) is 0 Å². The lowest BCUT2D eigenvalue weighted by molar-refractivity contribution is -0.384. The molecule has 0 unspecified atom stereocenters. The Kier molecular flexibility index (Phi) is 5.44. The average molecular weight is 468 g/mol. The zero-order chi connectivity index (χ0) is 22.2. The van der Waals surface area contributed by atoms with Crippen molar-refractivity contribution in [1.29, 1.82) is 0 Å². The summed E-state index contributed by atoms with van der Waals surface area (Å²) in [5, 5.41) is 20.5. The van der Waals surface area contributed by atoms with E-state index >= 15 is 0 Å². The van der Waals surface area contributed by atoms with E-state index in [-0.39, 0.29) is 11.5 Å². The number of nitrogens with one attached hydrogen (secondary N) is 1. The molecule has 0 fully saturated rings. The van der Waals surface area contributed by atoms with Crippen molar-refractivity contribution < 1.29 is 9.72 Å². The second kappa shape index (κ2) is 8.40. The van der Waals surface area contributed by atoms with Crippen molar-refractivity contribution >= 4 is 40.8 Å². The monoisotopic (exact) mass is 467 g/mol. The van der Waals surface area contributed by atoms with Crippen molar-refractivity contribution in [3.05, 3.63) is 86.1 Å². The van der Waals surface area contributed by atoms with Gasteiger partial charge in [0.1, 0.15) is 6.04 Å². The second-order valence-corrected chi connectivity index (χ2v) is 9.01. The zero-order valence-corrected chi connectivity index (χ0v) is 18.4. The van der Waals surface area contributed by atoms with Gasteiger partial charge >= 0.3 is 0 Å². The van der Waals surface area contributed by atoms with Crippen LogP contribution in [0.25, 0.3) is 0 Å². The standard InChI is InChI=1S/C22H18ClN5O3S/c23-15-6-1-4-13(10-15)12-32-22-25-21-24-17-8-3-9-18(29)19(17)20(27(21)26-22)14-5-2-7-16(11-14)28(30)31/h1-2,4-7,10-11,20H,3,8-9,12H2,(H,24,25,26)/t20-/m0/s1. The van der Waals surface area contributed by atoms with Crippen LogP contribution in [0.15, 0.2) is 65.0 Å². The summed E-state index contributed by atoms with van der Waals surface area (Å²) in [5.41, 5.74) is 3.10. The Hall–Kier alpha value is -3.17. The lowest BCUT2D eigenvalue weighted by atomic mass is 9.85. The van der Waals surface area contributed by atoms with Gasteiger partial charge in [-0.2, -0.15) is 4.98 Å². The first-order chi connectivity index (χ1) is 15.5. The molecule has 0 radical (unpaired) electrons. The van der Waals surface area contributed by atoms with Crippen LogP contribution in [0.2, 0.25) is 5.02 Å². The number of nitrogens with zero attached hydrogens (tertiary/aromatic N) is 4. The van der Waals surface area contributed by atoms with Gasteiger partial charge in [-0.05, 0) is 36.1 Å². The molecule has 0 spiro atoms. The number of nitro groups is 1. The van der Waals surface area contributed by atoms with E-state index in [1.165, 1.54) is 23.9 Å². The number of halogens is 1. The predicted molar refractivity (Wildman–Crippen MR) is 122 cm³/mol. The number of aromatic nitrogens is 3. The normalized spacial score (nSPS) is 17.5. The number of benzene rings is 2. The third-order valence-corrected chi connectivity index (χ3v) is 6.65. The van der Waals surface area contributed by atoms with Crippen molar-refractivity contribution in [2.24, 2.45) is 0 Å². The molecule has 5 rings (SSSR count). The Morgan fingerprint density at radius 3 is 2.88 bits per heavy atom. The Balaban J connectivity index is 1.53. The predicted octanol–water partition coefficient (Wildman–Crippen LogP) is 5.15. The van der Waals surface area contributed by atoms with Crippen LogP contribution in [0.5, 0.6) is 0 Å². The number of anilines is 1. The molecule has 1 aliphatic carbocycles. The molecule has 0 saturated carbocycles. The van der Waals surface area contributed by atoms with Crippen molar-refractivity contribution in [3.8, 4) is 0 Å². The summed E-state index contributed by atoms with van der Waals surface area (Å²) < 4.78 is 1.67. The largest absolute Gasteiger partial charge is 0.328 e. The molecule has 3 aromatic rings. The minimum Gasteiger partial charge on any atom is -0.328 e. The highest BCUT2D eigenvalue weighted by atomic mass is 35.5. The van der Waals surface area contributed by atoms with E-state index in [2.05, 4.69) is 15.4 Å². The van der Waals surface area contributed by atoms with E-state index < -0.39 is 11.0 Å². The van der Waals surface area contributed by atoms with Crippen LogP contribution in [-0.4, -0.2) is 25.5 Å². The number of rotatable bonds is 5. The Morgan fingerprint density at radius 1 is 1.22 bits per heavy atom. The molecule has 32 heavy (non-hydrogen) atoms. The van der Waals surface area contributed by atoms with Crippen molar-refractivity contribution in [1.82, 2.24) is 14.8 Å². The number of hydrogen-bond acceptors (Lipinski definition) is 7. The van der Waals surface area contributed by atoms with Gasteiger partial charge in [-0.15, -0.1) is 5.10 Å². The van der Waals surface area contributed by atoms with Crippen LogP contribution in [0.3, 0.4) is 0 Å². The highest BCUT2D eigenvalue weighted by molar-refractivity contribution is 7.98. The van der Waals surface area contributed by atoms with Crippen LogP contribution in [0, 0.1) is 10.1 Å². The summed E-state index contributed by atoms with van der Waals surface area (Å²) in [6.07, 6.45) is 1.94. The number of hydrogen-bond donors (Lipinski definition) is 1. The van der Waals surface area contributed by atoms with Crippen LogP contribution < -0.4 is 5.32 Å². The van der Waals surface area contributed by atoms with E-state index in [0.717, 1.165) is 24.1 Å². The SMILES string of the molecule is O=C1CCCC2=C1[C@H](c1cccc([N+](=O)[O-])c1)n1nc(SCc3cccc(Cl)c3)nc1N2. The minimum absolute atomic E-state index is 0.0244. The molecule has 0 saturated heterocycles. The fraction of sp³-hybridized carbons (Fsp3) is 0.227. The molecule has 1 atom stereocenters. The summed E-state index contributed by atoms with van der Waals surface area (Å²) in [6, 6.07) is 13.4. The van der Waals surface area contributed by atoms with E-state index in [4.69, 9.17) is 11.6 Å². The minimum atomic E-state index is -0.554. The smallest absolute Gasteiger partial charge is 0.269 e. The molecule has 2 heterocycles. The molecule has 2 aliphatic rings. The summed E-state index contributed by atoms with van der Waals surface area (Å²) in [6.45, 7) is 0. The Labute approximate surface area is 192 Å². The maximum absolute atomic E-state index is 12.9. The fourth-order valence-corrected chi connectivity index (χ4v) is 5.07. The highest BCUT2D eigenvalue weighted by Crippen LogP contribution is 2.41. The summed E-state index contributed by atoms with van der Waals surface area (Å²) in [5.74, 6) is 1.20. The lowest BCUT2D eigenvalue weighted by Gasteiger charge is -2.32. The molecule has 2 aromatic carbocycles. The van der Waals surface area contributed by atoms with Gasteiger partial charge in [0.2, 0.25) is 11.1 Å². The summed E-state index contributed by atoms with van der Waals surface area (Å²) in [7, 11) is 0. The summed E-state index contributed by atoms with van der Waals surface area (Å²) >= 11 is 7.54. The Morgan fingerprint density at radius 2 is 2.06 bits per heavy atom. The topological polar surface area (TPSA) is 103 Å². The molecule has 8 nitrogen and oxygen atoms in total.